The normalized spacial score (nSPS) is 10.2. The second kappa shape index (κ2) is 7.75. The zero-order chi connectivity index (χ0) is 15.1. The highest BCUT2D eigenvalue weighted by Crippen LogP contribution is 2.16. The van der Waals surface area contributed by atoms with Gasteiger partial charge < -0.3 is 10.6 Å². The maximum atomic E-state index is 12.0. The quantitative estimate of drug-likeness (QED) is 0.472. The number of thioether (sulfide) groups is 1. The summed E-state index contributed by atoms with van der Waals surface area (Å²) in [6, 6.07) is 1.73. The summed E-state index contributed by atoms with van der Waals surface area (Å²) in [5.41, 5.74) is 0.173. The van der Waals surface area contributed by atoms with E-state index in [1.165, 1.54) is 18.0 Å². The van der Waals surface area contributed by atoms with Gasteiger partial charge >= 0.3 is 0 Å². The number of hydrogen-bond donors (Lipinski definition) is 2. The Hall–Kier alpha value is -1.93. The predicted molar refractivity (Wildman–Crippen MR) is 81.7 cm³/mol. The number of halogens is 1. The van der Waals surface area contributed by atoms with E-state index in [-0.39, 0.29) is 16.6 Å². The van der Waals surface area contributed by atoms with Gasteiger partial charge in [0.05, 0.1) is 11.2 Å². The molecule has 0 saturated heterocycles. The van der Waals surface area contributed by atoms with E-state index in [4.69, 9.17) is 11.6 Å². The minimum absolute atomic E-state index is 0.173. The fourth-order valence-electron chi connectivity index (χ4n) is 1.43. The highest BCUT2D eigenvalue weighted by atomic mass is 35.5. The van der Waals surface area contributed by atoms with Gasteiger partial charge in [-0.2, -0.15) is 0 Å². The van der Waals surface area contributed by atoms with E-state index < -0.39 is 0 Å². The number of rotatable bonds is 6. The minimum Gasteiger partial charge on any atom is -0.352 e. The minimum atomic E-state index is -0.339. The van der Waals surface area contributed by atoms with Gasteiger partial charge in [0, 0.05) is 25.5 Å². The van der Waals surface area contributed by atoms with Gasteiger partial charge in [-0.05, 0) is 12.3 Å². The van der Waals surface area contributed by atoms with Crippen molar-refractivity contribution in [1.82, 2.24) is 25.3 Å². The number of anilines is 1. The summed E-state index contributed by atoms with van der Waals surface area (Å²) < 4.78 is 0. The van der Waals surface area contributed by atoms with E-state index in [2.05, 4.69) is 30.6 Å². The van der Waals surface area contributed by atoms with Crippen LogP contribution in [0.4, 0.5) is 5.95 Å². The molecule has 2 rings (SSSR count). The molecule has 7 nitrogen and oxygen atoms in total. The standard InChI is InChI=1S/C12H13ClN6OS/c1-21-12-18-7-8(13)9(19-12)10(20)14-5-6-17-11-15-3-2-4-16-11/h2-4,7H,5-6H2,1H3,(H,14,20)(H,15,16,17). The lowest BCUT2D eigenvalue weighted by atomic mass is 10.4. The Bertz CT molecular complexity index is 612. The van der Waals surface area contributed by atoms with Crippen LogP contribution in [0.2, 0.25) is 5.02 Å². The summed E-state index contributed by atoms with van der Waals surface area (Å²) in [6.45, 7) is 0.889. The Balaban J connectivity index is 1.84. The number of nitrogens with zero attached hydrogens (tertiary/aromatic N) is 4. The third-order valence-corrected chi connectivity index (χ3v) is 3.22. The van der Waals surface area contributed by atoms with Gasteiger partial charge in [0.1, 0.15) is 0 Å². The lowest BCUT2D eigenvalue weighted by molar-refractivity contribution is 0.0949. The van der Waals surface area contributed by atoms with Crippen molar-refractivity contribution in [2.75, 3.05) is 24.7 Å². The van der Waals surface area contributed by atoms with Crippen LogP contribution < -0.4 is 10.6 Å². The number of hydrogen-bond acceptors (Lipinski definition) is 7. The largest absolute Gasteiger partial charge is 0.352 e. The average Bonchev–Trinajstić information content (AvgIpc) is 2.53. The van der Waals surface area contributed by atoms with Crippen LogP contribution >= 0.6 is 23.4 Å². The Morgan fingerprint density at radius 2 is 2.05 bits per heavy atom. The van der Waals surface area contributed by atoms with Gasteiger partial charge in [0.2, 0.25) is 5.95 Å². The molecule has 9 heteroatoms. The predicted octanol–water partition coefficient (Wildman–Crippen LogP) is 1.48. The number of carbonyl (C=O) groups excluding carboxylic acids is 1. The lowest BCUT2D eigenvalue weighted by Gasteiger charge is -2.07. The summed E-state index contributed by atoms with van der Waals surface area (Å²) in [5.74, 6) is 0.171. The average molecular weight is 325 g/mol. The van der Waals surface area contributed by atoms with Crippen molar-refractivity contribution in [2.24, 2.45) is 0 Å². The molecule has 0 aliphatic carbocycles. The SMILES string of the molecule is CSc1ncc(Cl)c(C(=O)NCCNc2ncccn2)n1. The Kier molecular flexibility index (Phi) is 5.70. The van der Waals surface area contributed by atoms with Gasteiger partial charge in [-0.25, -0.2) is 19.9 Å². The van der Waals surface area contributed by atoms with E-state index in [1.807, 2.05) is 6.26 Å². The molecule has 0 aliphatic rings. The molecule has 21 heavy (non-hydrogen) atoms. The summed E-state index contributed by atoms with van der Waals surface area (Å²) in [6.07, 6.45) is 6.52. The number of amides is 1. The summed E-state index contributed by atoms with van der Waals surface area (Å²) in [4.78, 5) is 28.1. The van der Waals surface area contributed by atoms with E-state index in [9.17, 15) is 4.79 Å². The van der Waals surface area contributed by atoms with Crippen molar-refractivity contribution in [3.05, 3.63) is 35.4 Å². The number of aromatic nitrogens is 4. The molecule has 0 saturated carbocycles. The summed E-state index contributed by atoms with van der Waals surface area (Å²) in [7, 11) is 0. The van der Waals surface area contributed by atoms with Crippen LogP contribution in [0.3, 0.4) is 0 Å². The van der Waals surface area contributed by atoms with Crippen molar-refractivity contribution in [3.63, 3.8) is 0 Å². The monoisotopic (exact) mass is 324 g/mol. The first-order valence-corrected chi connectivity index (χ1v) is 7.66. The molecule has 0 atom stereocenters. The van der Waals surface area contributed by atoms with Gasteiger partial charge in [0.25, 0.3) is 5.91 Å². The molecule has 2 aromatic rings. The molecule has 1 amide bonds. The smallest absolute Gasteiger partial charge is 0.271 e. The maximum absolute atomic E-state index is 12.0. The molecule has 110 valence electrons. The maximum Gasteiger partial charge on any atom is 0.271 e. The third-order valence-electron chi connectivity index (χ3n) is 2.38. The van der Waals surface area contributed by atoms with Crippen LogP contribution in [0.15, 0.2) is 29.8 Å². The molecule has 0 radical (unpaired) electrons. The van der Waals surface area contributed by atoms with Crippen LogP contribution in [0.25, 0.3) is 0 Å². The van der Waals surface area contributed by atoms with Gasteiger partial charge in [-0.3, -0.25) is 4.79 Å². The highest BCUT2D eigenvalue weighted by molar-refractivity contribution is 7.98. The molecule has 2 N–H and O–H groups in total. The van der Waals surface area contributed by atoms with Gasteiger partial charge in [-0.1, -0.05) is 23.4 Å². The summed E-state index contributed by atoms with van der Waals surface area (Å²) >= 11 is 7.27. The van der Waals surface area contributed by atoms with Crippen molar-refractivity contribution in [3.8, 4) is 0 Å². The first-order chi connectivity index (χ1) is 10.2. The van der Waals surface area contributed by atoms with Crippen molar-refractivity contribution in [2.45, 2.75) is 5.16 Å². The van der Waals surface area contributed by atoms with Crippen molar-refractivity contribution < 1.29 is 4.79 Å². The first-order valence-electron chi connectivity index (χ1n) is 6.06. The highest BCUT2D eigenvalue weighted by Gasteiger charge is 2.13. The van der Waals surface area contributed by atoms with E-state index >= 15 is 0 Å². The number of carbonyl (C=O) groups is 1. The molecule has 0 bridgehead atoms. The Morgan fingerprint density at radius 1 is 1.29 bits per heavy atom. The molecule has 0 unspecified atom stereocenters. The van der Waals surface area contributed by atoms with Gasteiger partial charge in [-0.15, -0.1) is 0 Å². The van der Waals surface area contributed by atoms with Crippen molar-refractivity contribution >= 4 is 35.2 Å². The topological polar surface area (TPSA) is 92.7 Å². The number of nitrogens with one attached hydrogen (secondary N) is 2. The van der Waals surface area contributed by atoms with Crippen LogP contribution in [0.1, 0.15) is 10.5 Å². The van der Waals surface area contributed by atoms with Crippen LogP contribution in [0, 0.1) is 0 Å². The fourth-order valence-corrected chi connectivity index (χ4v) is 1.95. The first kappa shape index (κ1) is 15.5. The Morgan fingerprint density at radius 3 is 2.76 bits per heavy atom. The van der Waals surface area contributed by atoms with E-state index in [0.717, 1.165) is 0 Å². The zero-order valence-electron chi connectivity index (χ0n) is 11.2. The van der Waals surface area contributed by atoms with E-state index in [1.54, 1.807) is 18.5 Å². The van der Waals surface area contributed by atoms with Crippen molar-refractivity contribution in [1.29, 1.82) is 0 Å². The van der Waals surface area contributed by atoms with E-state index in [0.29, 0.717) is 24.2 Å². The molecule has 0 fully saturated rings. The second-order valence-corrected chi connectivity index (χ2v) is 4.99. The van der Waals surface area contributed by atoms with Crippen LogP contribution in [0.5, 0.6) is 0 Å². The third kappa shape index (κ3) is 4.54. The Labute approximate surface area is 131 Å². The second-order valence-electron chi connectivity index (χ2n) is 3.81. The fraction of sp³-hybridized carbons (Fsp3) is 0.250. The molecule has 2 heterocycles. The molecule has 0 spiro atoms. The molecule has 2 aromatic heterocycles. The zero-order valence-corrected chi connectivity index (χ0v) is 12.8. The molecule has 0 aromatic carbocycles. The molecular formula is C12H13ClN6OS. The lowest BCUT2D eigenvalue weighted by Crippen LogP contribution is -2.30. The van der Waals surface area contributed by atoms with Crippen LogP contribution in [-0.4, -0.2) is 45.2 Å². The van der Waals surface area contributed by atoms with Gasteiger partial charge in [0.15, 0.2) is 10.9 Å². The van der Waals surface area contributed by atoms with Crippen LogP contribution in [-0.2, 0) is 0 Å². The molecule has 0 aliphatic heterocycles. The molecular weight excluding hydrogens is 312 g/mol. The summed E-state index contributed by atoms with van der Waals surface area (Å²) in [5, 5.41) is 6.43.